The number of halogens is 1. The van der Waals surface area contributed by atoms with Crippen molar-refractivity contribution in [1.29, 1.82) is 0 Å². The second kappa shape index (κ2) is 14.5. The highest BCUT2D eigenvalue weighted by atomic mass is 35.5. The summed E-state index contributed by atoms with van der Waals surface area (Å²) in [5, 5.41) is 0.505. The van der Waals surface area contributed by atoms with Crippen molar-refractivity contribution >= 4 is 38.8 Å². The van der Waals surface area contributed by atoms with Gasteiger partial charge in [0.1, 0.15) is 5.75 Å². The maximum atomic E-state index is 14.0. The molecule has 278 valence electrons. The van der Waals surface area contributed by atoms with E-state index in [1.165, 1.54) is 30.4 Å². The number of hydrogen-bond donors (Lipinski definition) is 1. The standard InChI is InChI=1S/C41H56ClN3O5S/c1-27-8-6-10-35(40-48-23-33(24-49-40)44-18-4-5-19-44)34-14-11-31(34)22-45-25-41(17-7-9-29-20-32(42)13-15-36(29)41)26-50-38-16-12-30(21-37(38)45)39(46)43-51(3,47)28(27)2/h12-13,15-16,20-21,27-28,31,33-35,40H,3-11,14,17-19,22-26H2,1-2H3,(H,43,46,47)/t27-,28+,31-,33?,34+,35+,40?,41-,51?/m0/s1. The molecule has 1 unspecified atom stereocenters. The molecule has 10 heteroatoms. The first-order chi connectivity index (χ1) is 24.6. The molecule has 3 fully saturated rings. The lowest BCUT2D eigenvalue weighted by atomic mass is 9.64. The summed E-state index contributed by atoms with van der Waals surface area (Å²) in [5.41, 5.74) is 3.86. The van der Waals surface area contributed by atoms with Crippen molar-refractivity contribution in [3.05, 3.63) is 58.1 Å². The second-order valence-electron chi connectivity index (χ2n) is 16.7. The number of aryl methyl sites for hydroxylation is 1. The van der Waals surface area contributed by atoms with Gasteiger partial charge in [-0.3, -0.25) is 14.4 Å². The molecule has 1 amide bonds. The van der Waals surface area contributed by atoms with Gasteiger partial charge in [0.05, 0.1) is 41.3 Å². The zero-order chi connectivity index (χ0) is 35.3. The zero-order valence-corrected chi connectivity index (χ0v) is 32.0. The minimum atomic E-state index is -2.90. The molecule has 4 heterocycles. The van der Waals surface area contributed by atoms with Crippen LogP contribution in [0.5, 0.6) is 5.75 Å². The highest BCUT2D eigenvalue weighted by Gasteiger charge is 2.47. The van der Waals surface area contributed by atoms with Crippen LogP contribution in [0.15, 0.2) is 36.4 Å². The fraction of sp³-hybridized carbons (Fsp3) is 0.659. The Morgan fingerprint density at radius 1 is 0.961 bits per heavy atom. The molecule has 2 aromatic carbocycles. The smallest absolute Gasteiger partial charge is 0.262 e. The van der Waals surface area contributed by atoms with Crippen molar-refractivity contribution in [2.75, 3.05) is 50.9 Å². The molecule has 1 spiro atoms. The number of benzene rings is 2. The fourth-order valence-corrected chi connectivity index (χ4v) is 11.8. The van der Waals surface area contributed by atoms with Gasteiger partial charge < -0.3 is 19.1 Å². The normalized spacial score (nSPS) is 37.7. The molecule has 7 atom stereocenters. The van der Waals surface area contributed by atoms with Crippen LogP contribution in [0.2, 0.25) is 5.02 Å². The Bertz CT molecular complexity index is 1710. The van der Waals surface area contributed by atoms with Gasteiger partial charge in [-0.05, 0) is 143 Å². The predicted octanol–water partition coefficient (Wildman–Crippen LogP) is 6.86. The molecule has 2 aliphatic carbocycles. The van der Waals surface area contributed by atoms with Crippen LogP contribution >= 0.6 is 11.6 Å². The van der Waals surface area contributed by atoms with Gasteiger partial charge in [0, 0.05) is 40.3 Å². The van der Waals surface area contributed by atoms with Gasteiger partial charge in [0.25, 0.3) is 5.91 Å². The molecule has 4 aliphatic heterocycles. The highest BCUT2D eigenvalue weighted by Crippen LogP contribution is 2.49. The maximum Gasteiger partial charge on any atom is 0.262 e. The zero-order valence-electron chi connectivity index (χ0n) is 30.5. The molecular weight excluding hydrogens is 682 g/mol. The third kappa shape index (κ3) is 7.07. The Morgan fingerprint density at radius 3 is 2.53 bits per heavy atom. The Kier molecular flexibility index (Phi) is 10.2. The number of carbonyl (C=O) groups excluding carboxylic acids is 1. The average molecular weight is 738 g/mol. The van der Waals surface area contributed by atoms with Gasteiger partial charge in [-0.2, -0.15) is 0 Å². The van der Waals surface area contributed by atoms with Gasteiger partial charge in [-0.1, -0.05) is 31.0 Å². The summed E-state index contributed by atoms with van der Waals surface area (Å²) in [5.74, 6) is 5.90. The number of nitrogens with zero attached hydrogens (tertiary/aromatic N) is 2. The molecule has 51 heavy (non-hydrogen) atoms. The third-order valence-electron chi connectivity index (χ3n) is 13.6. The monoisotopic (exact) mass is 737 g/mol. The lowest BCUT2D eigenvalue weighted by molar-refractivity contribution is -0.242. The van der Waals surface area contributed by atoms with Gasteiger partial charge in [0.2, 0.25) is 0 Å². The van der Waals surface area contributed by atoms with E-state index >= 15 is 0 Å². The maximum absolute atomic E-state index is 14.0. The Labute approximate surface area is 310 Å². The summed E-state index contributed by atoms with van der Waals surface area (Å²) in [6.07, 6.45) is 10.7. The van der Waals surface area contributed by atoms with Crippen molar-refractivity contribution in [3.8, 4) is 5.75 Å². The summed E-state index contributed by atoms with van der Waals surface area (Å²) in [7, 11) is -2.90. The number of amides is 1. The van der Waals surface area contributed by atoms with Gasteiger partial charge >= 0.3 is 0 Å². The van der Waals surface area contributed by atoms with Crippen LogP contribution in [0.1, 0.15) is 93.1 Å². The lowest BCUT2D eigenvalue weighted by Gasteiger charge is -2.49. The van der Waals surface area contributed by atoms with E-state index in [2.05, 4.69) is 39.4 Å². The Balaban J connectivity index is 1.14. The van der Waals surface area contributed by atoms with E-state index in [-0.39, 0.29) is 28.8 Å². The van der Waals surface area contributed by atoms with E-state index in [4.69, 9.17) is 25.8 Å². The lowest BCUT2D eigenvalue weighted by Crippen LogP contribution is -2.52. The van der Waals surface area contributed by atoms with Crippen molar-refractivity contribution in [2.45, 2.75) is 101 Å². The van der Waals surface area contributed by atoms with Gasteiger partial charge in [-0.25, -0.2) is 4.21 Å². The molecular formula is C41H56ClN3O5S. The minimum Gasteiger partial charge on any atom is -0.490 e. The van der Waals surface area contributed by atoms with Crippen LogP contribution in [0, 0.1) is 23.7 Å². The number of carbonyl (C=O) groups is 1. The van der Waals surface area contributed by atoms with E-state index in [0.29, 0.717) is 36.0 Å². The summed E-state index contributed by atoms with van der Waals surface area (Å²) in [6, 6.07) is 12.4. The molecule has 1 saturated carbocycles. The quantitative estimate of drug-likeness (QED) is 0.338. The predicted molar refractivity (Wildman–Crippen MR) is 205 cm³/mol. The van der Waals surface area contributed by atoms with Gasteiger partial charge in [0.15, 0.2) is 6.29 Å². The van der Waals surface area contributed by atoms with Gasteiger partial charge in [-0.15, -0.1) is 0 Å². The number of hydrogen-bond acceptors (Lipinski definition) is 7. The van der Waals surface area contributed by atoms with Crippen LogP contribution in [0.4, 0.5) is 5.69 Å². The molecule has 2 saturated heterocycles. The summed E-state index contributed by atoms with van der Waals surface area (Å²) in [6.45, 7) is 10.1. The average Bonchev–Trinajstić information content (AvgIpc) is 3.61. The molecule has 8 nitrogen and oxygen atoms in total. The number of likely N-dealkylation sites (tertiary alicyclic amines) is 1. The number of rotatable bonds is 2. The second-order valence-corrected chi connectivity index (χ2v) is 19.5. The highest BCUT2D eigenvalue weighted by molar-refractivity contribution is 7.99. The van der Waals surface area contributed by atoms with Crippen LogP contribution < -0.4 is 14.4 Å². The number of ether oxygens (including phenoxy) is 3. The summed E-state index contributed by atoms with van der Waals surface area (Å²) in [4.78, 5) is 18.8. The summed E-state index contributed by atoms with van der Waals surface area (Å²) >= 11 is 6.51. The fourth-order valence-electron chi connectivity index (χ4n) is 10.1. The number of fused-ring (bicyclic) bond motifs is 4. The molecule has 1 N–H and O–H groups in total. The van der Waals surface area contributed by atoms with E-state index < -0.39 is 9.71 Å². The molecule has 2 aromatic rings. The number of anilines is 1. The largest absolute Gasteiger partial charge is 0.490 e. The summed E-state index contributed by atoms with van der Waals surface area (Å²) < 4.78 is 36.9. The Hall–Kier alpha value is -2.30. The molecule has 0 aromatic heterocycles. The van der Waals surface area contributed by atoms with Crippen LogP contribution in [-0.4, -0.2) is 84.5 Å². The minimum absolute atomic E-state index is 0.133. The van der Waals surface area contributed by atoms with Crippen molar-refractivity contribution < 1.29 is 23.2 Å². The van der Waals surface area contributed by atoms with Crippen LogP contribution in [0.25, 0.3) is 0 Å². The number of nitrogens with one attached hydrogen (secondary N) is 1. The van der Waals surface area contributed by atoms with E-state index in [0.717, 1.165) is 101 Å². The molecule has 6 aliphatic rings. The van der Waals surface area contributed by atoms with E-state index in [1.54, 1.807) is 6.07 Å². The molecule has 2 bridgehead atoms. The van der Waals surface area contributed by atoms with Crippen molar-refractivity contribution in [1.82, 2.24) is 9.62 Å². The molecule has 0 radical (unpaired) electrons. The van der Waals surface area contributed by atoms with E-state index in [9.17, 15) is 9.00 Å². The topological polar surface area (TPSA) is 80.3 Å². The van der Waals surface area contributed by atoms with E-state index in [1.807, 2.05) is 25.1 Å². The van der Waals surface area contributed by atoms with Crippen LogP contribution in [0.3, 0.4) is 0 Å². The Morgan fingerprint density at radius 2 is 1.76 bits per heavy atom. The molecule has 8 rings (SSSR count). The first kappa shape index (κ1) is 35.7. The first-order valence-corrected chi connectivity index (χ1v) is 21.7. The third-order valence-corrected chi connectivity index (χ3v) is 16.0. The van der Waals surface area contributed by atoms with Crippen molar-refractivity contribution in [2.24, 2.45) is 23.7 Å². The first-order valence-electron chi connectivity index (χ1n) is 19.6. The SMILES string of the molecule is C=S1(=O)NC(=O)c2ccc3c(c2)N(C[C@@H]2CC[C@H]2[C@H](C2OCC(N4CCCC4)CO2)CCC[C@H](C)[C@H]1C)C[C@@]1(CCCc2cc(Cl)ccc21)CO3. The van der Waals surface area contributed by atoms with Crippen LogP contribution in [-0.2, 0) is 31.0 Å². The van der Waals surface area contributed by atoms with Crippen molar-refractivity contribution in [3.63, 3.8) is 0 Å².